The molecular weight excluding hydrogens is 260 g/mol. The average molecular weight is 290 g/mol. The Bertz CT molecular complexity index is 504. The summed E-state index contributed by atoms with van der Waals surface area (Å²) in [5, 5.41) is 0. The first-order valence-corrected chi connectivity index (χ1v) is 8.34. The van der Waals surface area contributed by atoms with E-state index in [1.54, 1.807) is 0 Å². The molecule has 2 unspecified atom stereocenters. The predicted molar refractivity (Wildman–Crippen MR) is 88.0 cm³/mol. The lowest BCUT2D eigenvalue weighted by atomic mass is 9.86. The van der Waals surface area contributed by atoms with Crippen LogP contribution in [0.15, 0.2) is 6.07 Å². The molecule has 0 N–H and O–H groups in total. The van der Waals surface area contributed by atoms with Crippen LogP contribution < -0.4 is 0 Å². The minimum atomic E-state index is 0.267. The SMILES string of the molecule is CCn1c(C)cc(C(=O)CN(C)C2CCCC(C)C2)c1C. The molecule has 3 nitrogen and oxygen atoms in total. The summed E-state index contributed by atoms with van der Waals surface area (Å²) in [5.74, 6) is 1.06. The molecule has 0 bridgehead atoms. The Balaban J connectivity index is 2.04. The maximum Gasteiger partial charge on any atom is 0.178 e. The van der Waals surface area contributed by atoms with Gasteiger partial charge in [-0.25, -0.2) is 0 Å². The van der Waals surface area contributed by atoms with E-state index in [-0.39, 0.29) is 5.78 Å². The molecule has 0 amide bonds. The highest BCUT2D eigenvalue weighted by atomic mass is 16.1. The van der Waals surface area contributed by atoms with Gasteiger partial charge in [-0.3, -0.25) is 9.69 Å². The Kier molecular flexibility index (Phi) is 5.26. The van der Waals surface area contributed by atoms with E-state index in [2.05, 4.69) is 50.3 Å². The van der Waals surface area contributed by atoms with Crippen LogP contribution in [0.1, 0.15) is 61.3 Å². The number of likely N-dealkylation sites (N-methyl/N-ethyl adjacent to an activating group) is 1. The van der Waals surface area contributed by atoms with E-state index in [4.69, 9.17) is 0 Å². The quantitative estimate of drug-likeness (QED) is 0.770. The molecule has 3 heteroatoms. The molecule has 0 saturated heterocycles. The number of nitrogens with zero attached hydrogens (tertiary/aromatic N) is 2. The Hall–Kier alpha value is -1.09. The molecule has 1 aliphatic rings. The van der Waals surface area contributed by atoms with E-state index < -0.39 is 0 Å². The van der Waals surface area contributed by atoms with Crippen LogP contribution in [-0.4, -0.2) is 34.9 Å². The van der Waals surface area contributed by atoms with Crippen LogP contribution in [0.3, 0.4) is 0 Å². The number of Topliss-reactive ketones (excluding diaryl/α,β-unsaturated/α-hetero) is 1. The fraction of sp³-hybridized carbons (Fsp3) is 0.722. The van der Waals surface area contributed by atoms with Crippen molar-refractivity contribution in [1.29, 1.82) is 0 Å². The summed E-state index contributed by atoms with van der Waals surface area (Å²) < 4.78 is 2.22. The number of hydrogen-bond acceptors (Lipinski definition) is 2. The second-order valence-corrected chi connectivity index (χ2v) is 6.79. The van der Waals surface area contributed by atoms with Crippen LogP contribution in [0.5, 0.6) is 0 Å². The Labute approximate surface area is 129 Å². The Morgan fingerprint density at radius 1 is 1.38 bits per heavy atom. The van der Waals surface area contributed by atoms with Crippen molar-refractivity contribution in [2.24, 2.45) is 5.92 Å². The van der Waals surface area contributed by atoms with Crippen LogP contribution >= 0.6 is 0 Å². The molecule has 1 aliphatic carbocycles. The van der Waals surface area contributed by atoms with Gasteiger partial charge in [0.05, 0.1) is 6.54 Å². The normalized spacial score (nSPS) is 22.8. The molecule has 0 spiro atoms. The Morgan fingerprint density at radius 2 is 2.10 bits per heavy atom. The maximum absolute atomic E-state index is 12.6. The highest BCUT2D eigenvalue weighted by Crippen LogP contribution is 2.27. The number of carbonyl (C=O) groups excluding carboxylic acids is 1. The number of carbonyl (C=O) groups is 1. The lowest BCUT2D eigenvalue weighted by Gasteiger charge is -2.33. The first-order valence-electron chi connectivity index (χ1n) is 8.34. The summed E-state index contributed by atoms with van der Waals surface area (Å²) >= 11 is 0. The van der Waals surface area contributed by atoms with E-state index in [1.165, 1.54) is 31.4 Å². The summed E-state index contributed by atoms with van der Waals surface area (Å²) in [6.07, 6.45) is 5.12. The molecule has 0 aliphatic heterocycles. The average Bonchev–Trinajstić information content (AvgIpc) is 2.73. The van der Waals surface area contributed by atoms with Crippen LogP contribution in [0, 0.1) is 19.8 Å². The summed E-state index contributed by atoms with van der Waals surface area (Å²) in [7, 11) is 2.11. The molecular formula is C18H30N2O. The van der Waals surface area contributed by atoms with E-state index in [0.717, 1.165) is 23.7 Å². The lowest BCUT2D eigenvalue weighted by molar-refractivity contribution is 0.0882. The maximum atomic E-state index is 12.6. The van der Waals surface area contributed by atoms with E-state index in [9.17, 15) is 4.79 Å². The van der Waals surface area contributed by atoms with E-state index in [0.29, 0.717) is 12.6 Å². The molecule has 0 radical (unpaired) electrons. The molecule has 0 aromatic carbocycles. The number of ketones is 1. The van der Waals surface area contributed by atoms with E-state index >= 15 is 0 Å². The third-order valence-electron chi connectivity index (χ3n) is 5.12. The molecule has 2 rings (SSSR count). The summed E-state index contributed by atoms with van der Waals surface area (Å²) in [6, 6.07) is 2.63. The van der Waals surface area contributed by atoms with Crippen molar-refractivity contribution in [2.45, 2.75) is 66.0 Å². The lowest BCUT2D eigenvalue weighted by Crippen LogP contribution is -2.38. The topological polar surface area (TPSA) is 25.2 Å². The third kappa shape index (κ3) is 3.57. The zero-order valence-corrected chi connectivity index (χ0v) is 14.3. The first-order chi connectivity index (χ1) is 9.93. The van der Waals surface area contributed by atoms with Gasteiger partial charge in [0.25, 0.3) is 0 Å². The van der Waals surface area contributed by atoms with Gasteiger partial charge in [0.15, 0.2) is 5.78 Å². The van der Waals surface area contributed by atoms with Gasteiger partial charge in [-0.15, -0.1) is 0 Å². The second-order valence-electron chi connectivity index (χ2n) is 6.79. The molecule has 1 saturated carbocycles. The van der Waals surface area contributed by atoms with Gasteiger partial charge >= 0.3 is 0 Å². The largest absolute Gasteiger partial charge is 0.349 e. The summed E-state index contributed by atoms with van der Waals surface area (Å²) in [4.78, 5) is 14.9. The van der Waals surface area contributed by atoms with Crippen molar-refractivity contribution in [2.75, 3.05) is 13.6 Å². The highest BCUT2D eigenvalue weighted by Gasteiger charge is 2.25. The molecule has 21 heavy (non-hydrogen) atoms. The highest BCUT2D eigenvalue weighted by molar-refractivity contribution is 5.99. The molecule has 118 valence electrons. The molecule has 1 heterocycles. The zero-order valence-electron chi connectivity index (χ0n) is 14.3. The van der Waals surface area contributed by atoms with Crippen molar-refractivity contribution in [3.8, 4) is 0 Å². The van der Waals surface area contributed by atoms with Gasteiger partial charge < -0.3 is 4.57 Å². The molecule has 1 aromatic heterocycles. The minimum absolute atomic E-state index is 0.267. The Morgan fingerprint density at radius 3 is 2.67 bits per heavy atom. The van der Waals surface area contributed by atoms with Crippen molar-refractivity contribution >= 4 is 5.78 Å². The minimum Gasteiger partial charge on any atom is -0.349 e. The van der Waals surface area contributed by atoms with E-state index in [1.807, 2.05) is 0 Å². The zero-order chi connectivity index (χ0) is 15.6. The fourth-order valence-corrected chi connectivity index (χ4v) is 3.81. The van der Waals surface area contributed by atoms with Gasteiger partial charge in [0.2, 0.25) is 0 Å². The number of hydrogen-bond donors (Lipinski definition) is 0. The van der Waals surface area contributed by atoms with Crippen molar-refractivity contribution in [3.05, 3.63) is 23.0 Å². The van der Waals surface area contributed by atoms with Gasteiger partial charge in [0.1, 0.15) is 0 Å². The van der Waals surface area contributed by atoms with Crippen molar-refractivity contribution in [1.82, 2.24) is 9.47 Å². The standard InChI is InChI=1S/C18H30N2O/c1-6-20-14(3)11-17(15(20)4)18(21)12-19(5)16-9-7-8-13(2)10-16/h11,13,16H,6-10,12H2,1-5H3. The fourth-order valence-electron chi connectivity index (χ4n) is 3.81. The van der Waals surface area contributed by atoms with Crippen LogP contribution in [-0.2, 0) is 6.54 Å². The summed E-state index contributed by atoms with van der Waals surface area (Å²) in [5.41, 5.74) is 3.21. The van der Waals surface area contributed by atoms with Gasteiger partial charge in [0, 0.05) is 29.5 Å². The summed E-state index contributed by atoms with van der Waals surface area (Å²) in [6.45, 7) is 10.1. The van der Waals surface area contributed by atoms with Gasteiger partial charge in [-0.2, -0.15) is 0 Å². The first kappa shape index (κ1) is 16.3. The molecule has 1 fully saturated rings. The van der Waals surface area contributed by atoms with Crippen LogP contribution in [0.2, 0.25) is 0 Å². The second kappa shape index (κ2) is 6.78. The van der Waals surface area contributed by atoms with Crippen LogP contribution in [0.4, 0.5) is 0 Å². The van der Waals surface area contributed by atoms with Gasteiger partial charge in [-0.05, 0) is 52.6 Å². The van der Waals surface area contributed by atoms with Crippen LogP contribution in [0.25, 0.3) is 0 Å². The van der Waals surface area contributed by atoms with Crippen molar-refractivity contribution < 1.29 is 4.79 Å². The number of aryl methyl sites for hydroxylation is 1. The predicted octanol–water partition coefficient (Wildman–Crippen LogP) is 3.82. The third-order valence-corrected chi connectivity index (χ3v) is 5.12. The number of rotatable bonds is 5. The smallest absolute Gasteiger partial charge is 0.178 e. The number of aromatic nitrogens is 1. The van der Waals surface area contributed by atoms with Gasteiger partial charge in [-0.1, -0.05) is 19.8 Å². The van der Waals surface area contributed by atoms with Crippen molar-refractivity contribution in [3.63, 3.8) is 0 Å². The monoisotopic (exact) mass is 290 g/mol. The molecule has 1 aromatic rings. The molecule has 2 atom stereocenters.